The van der Waals surface area contributed by atoms with Crippen molar-refractivity contribution in [2.75, 3.05) is 11.5 Å². The minimum Gasteiger partial charge on any atom is -0.395 e. The third-order valence-corrected chi connectivity index (χ3v) is 3.07. The molecule has 0 saturated heterocycles. The maximum atomic E-state index is 11.2. The zero-order valence-electron chi connectivity index (χ0n) is 9.27. The molecule has 5 N–H and O–H groups in total. The smallest absolute Gasteiger partial charge is 0.253 e. The van der Waals surface area contributed by atoms with Gasteiger partial charge in [0.25, 0.3) is 5.56 Å². The van der Waals surface area contributed by atoms with Crippen molar-refractivity contribution in [1.29, 1.82) is 0 Å². The lowest BCUT2D eigenvalue weighted by Crippen LogP contribution is -2.09. The highest BCUT2D eigenvalue weighted by Crippen LogP contribution is 2.29. The predicted molar refractivity (Wildman–Crippen MR) is 69.6 cm³/mol. The molecule has 0 aliphatic heterocycles. The number of halogens is 1. The molecule has 2 heterocycles. The van der Waals surface area contributed by atoms with E-state index in [4.69, 9.17) is 23.1 Å². The van der Waals surface area contributed by atoms with Crippen LogP contribution >= 0.6 is 23.4 Å². The van der Waals surface area contributed by atoms with Gasteiger partial charge in [-0.05, 0) is 30.3 Å². The van der Waals surface area contributed by atoms with Gasteiger partial charge in [-0.25, -0.2) is 15.0 Å². The molecule has 0 atom stereocenters. The second kappa shape index (κ2) is 4.83. The Morgan fingerprint density at radius 2 is 2.06 bits per heavy atom. The van der Waals surface area contributed by atoms with Crippen LogP contribution in [0.3, 0.4) is 0 Å². The Bertz CT molecular complexity index is 658. The lowest BCUT2D eigenvalue weighted by atomic mass is 10.4. The van der Waals surface area contributed by atoms with E-state index < -0.39 is 0 Å². The molecular weight excluding hydrogens is 276 g/mol. The van der Waals surface area contributed by atoms with E-state index >= 15 is 0 Å². The van der Waals surface area contributed by atoms with Crippen LogP contribution in [-0.4, -0.2) is 19.9 Å². The first kappa shape index (κ1) is 12.7. The summed E-state index contributed by atoms with van der Waals surface area (Å²) in [5.74, 6) is 0.122. The van der Waals surface area contributed by atoms with Gasteiger partial charge in [-0.2, -0.15) is 0 Å². The predicted octanol–water partition coefficient (Wildman–Crippen LogP) is 0.837. The number of aromatic amines is 1. The second-order valence-corrected chi connectivity index (χ2v) is 4.69. The SMILES string of the molecule is Cc1nc(Cl)nc(Sc2nc(N)cc(=O)[nH]2)c1N. The molecule has 0 spiro atoms. The average molecular weight is 285 g/mol. The van der Waals surface area contributed by atoms with Gasteiger partial charge in [0.2, 0.25) is 5.28 Å². The van der Waals surface area contributed by atoms with Gasteiger partial charge in [-0.1, -0.05) is 0 Å². The van der Waals surface area contributed by atoms with Crippen LogP contribution in [0.25, 0.3) is 0 Å². The summed E-state index contributed by atoms with van der Waals surface area (Å²) in [5.41, 5.74) is 11.9. The molecule has 0 amide bonds. The van der Waals surface area contributed by atoms with E-state index in [1.54, 1.807) is 6.92 Å². The van der Waals surface area contributed by atoms with Crippen LogP contribution in [0.4, 0.5) is 11.5 Å². The van der Waals surface area contributed by atoms with Crippen molar-refractivity contribution in [3.05, 3.63) is 27.4 Å². The van der Waals surface area contributed by atoms with Gasteiger partial charge < -0.3 is 16.5 Å². The number of anilines is 2. The zero-order chi connectivity index (χ0) is 13.3. The lowest BCUT2D eigenvalue weighted by Gasteiger charge is -2.06. The van der Waals surface area contributed by atoms with E-state index in [2.05, 4.69) is 19.9 Å². The highest BCUT2D eigenvalue weighted by molar-refractivity contribution is 7.99. The number of hydrogen-bond donors (Lipinski definition) is 3. The van der Waals surface area contributed by atoms with Crippen LogP contribution in [0.15, 0.2) is 21.0 Å². The molecule has 9 heteroatoms. The van der Waals surface area contributed by atoms with Crippen molar-refractivity contribution < 1.29 is 0 Å². The molecule has 0 bridgehead atoms. The van der Waals surface area contributed by atoms with Crippen LogP contribution in [-0.2, 0) is 0 Å². The lowest BCUT2D eigenvalue weighted by molar-refractivity contribution is 0.935. The largest absolute Gasteiger partial charge is 0.395 e. The van der Waals surface area contributed by atoms with Crippen molar-refractivity contribution in [2.24, 2.45) is 0 Å². The average Bonchev–Trinajstić information content (AvgIpc) is 2.23. The molecule has 18 heavy (non-hydrogen) atoms. The second-order valence-electron chi connectivity index (χ2n) is 3.37. The number of H-pyrrole nitrogens is 1. The summed E-state index contributed by atoms with van der Waals surface area (Å²) in [5, 5.41) is 0.789. The minimum absolute atomic E-state index is 0.0791. The molecule has 2 aromatic heterocycles. The van der Waals surface area contributed by atoms with Gasteiger partial charge in [0, 0.05) is 6.07 Å². The topological polar surface area (TPSA) is 124 Å². The minimum atomic E-state index is -0.347. The number of aromatic nitrogens is 4. The van der Waals surface area contributed by atoms with Crippen LogP contribution in [0.1, 0.15) is 5.69 Å². The summed E-state index contributed by atoms with van der Waals surface area (Å²) in [6, 6.07) is 1.19. The summed E-state index contributed by atoms with van der Waals surface area (Å²) in [6.45, 7) is 1.71. The molecule has 0 aliphatic carbocycles. The highest BCUT2D eigenvalue weighted by Gasteiger charge is 2.11. The first-order valence-electron chi connectivity index (χ1n) is 4.80. The monoisotopic (exact) mass is 284 g/mol. The Morgan fingerprint density at radius 3 is 2.72 bits per heavy atom. The molecule has 0 unspecified atom stereocenters. The number of nitrogens with two attached hydrogens (primary N) is 2. The van der Waals surface area contributed by atoms with Gasteiger partial charge in [0.1, 0.15) is 10.8 Å². The molecule has 0 fully saturated rings. The summed E-state index contributed by atoms with van der Waals surface area (Å²) >= 11 is 6.81. The quantitative estimate of drug-likeness (QED) is 0.551. The molecule has 2 rings (SSSR count). The highest BCUT2D eigenvalue weighted by atomic mass is 35.5. The third-order valence-electron chi connectivity index (χ3n) is 2.01. The van der Waals surface area contributed by atoms with Crippen LogP contribution in [0.5, 0.6) is 0 Å². The summed E-state index contributed by atoms with van der Waals surface area (Å²) in [7, 11) is 0. The summed E-state index contributed by atoms with van der Waals surface area (Å²) in [6.07, 6.45) is 0. The molecule has 0 radical (unpaired) electrons. The molecule has 0 aliphatic rings. The van der Waals surface area contributed by atoms with Gasteiger partial charge in [-0.3, -0.25) is 4.79 Å². The first-order chi connectivity index (χ1) is 8.45. The number of nitrogen functional groups attached to an aromatic ring is 2. The summed E-state index contributed by atoms with van der Waals surface area (Å²) in [4.78, 5) is 25.6. The number of nitrogens with zero attached hydrogens (tertiary/aromatic N) is 3. The summed E-state index contributed by atoms with van der Waals surface area (Å²) < 4.78 is 0. The van der Waals surface area contributed by atoms with E-state index in [1.165, 1.54) is 6.07 Å². The normalized spacial score (nSPS) is 10.6. The van der Waals surface area contributed by atoms with E-state index in [-0.39, 0.29) is 16.7 Å². The van der Waals surface area contributed by atoms with Gasteiger partial charge in [0.15, 0.2) is 5.16 Å². The maximum Gasteiger partial charge on any atom is 0.253 e. The van der Waals surface area contributed by atoms with Crippen molar-refractivity contribution >= 4 is 34.9 Å². The number of rotatable bonds is 2. The van der Waals surface area contributed by atoms with E-state index in [1.807, 2.05) is 0 Å². The Balaban J connectivity index is 2.42. The van der Waals surface area contributed by atoms with Crippen molar-refractivity contribution in [2.45, 2.75) is 17.1 Å². The fraction of sp³-hybridized carbons (Fsp3) is 0.111. The fourth-order valence-corrected chi connectivity index (χ4v) is 2.33. The maximum absolute atomic E-state index is 11.2. The standard InChI is InChI=1S/C9H9ClN6OS/c1-3-6(12)7(16-8(10)13-3)18-9-14-4(11)2-5(17)15-9/h2H,12H2,1H3,(H3,11,14,15,17). The van der Waals surface area contributed by atoms with Crippen LogP contribution in [0, 0.1) is 6.92 Å². The van der Waals surface area contributed by atoms with Crippen LogP contribution in [0.2, 0.25) is 5.28 Å². The molecule has 94 valence electrons. The number of hydrogen-bond acceptors (Lipinski definition) is 7. The van der Waals surface area contributed by atoms with E-state index in [0.29, 0.717) is 21.6 Å². The molecular formula is C9H9ClN6OS. The van der Waals surface area contributed by atoms with E-state index in [9.17, 15) is 4.79 Å². The van der Waals surface area contributed by atoms with Crippen LogP contribution < -0.4 is 17.0 Å². The van der Waals surface area contributed by atoms with Crippen molar-refractivity contribution in [3.8, 4) is 0 Å². The Hall–Kier alpha value is -1.80. The van der Waals surface area contributed by atoms with Crippen molar-refractivity contribution in [1.82, 2.24) is 19.9 Å². The Kier molecular flexibility index (Phi) is 3.39. The van der Waals surface area contributed by atoms with E-state index in [0.717, 1.165) is 11.8 Å². The Morgan fingerprint density at radius 1 is 1.33 bits per heavy atom. The van der Waals surface area contributed by atoms with Gasteiger partial charge >= 0.3 is 0 Å². The molecule has 7 nitrogen and oxygen atoms in total. The number of nitrogens with one attached hydrogen (secondary N) is 1. The third kappa shape index (κ3) is 2.71. The Labute approximate surface area is 111 Å². The number of aryl methyl sites for hydroxylation is 1. The fourth-order valence-electron chi connectivity index (χ4n) is 1.19. The van der Waals surface area contributed by atoms with Crippen molar-refractivity contribution in [3.63, 3.8) is 0 Å². The van der Waals surface area contributed by atoms with Gasteiger partial charge in [-0.15, -0.1) is 0 Å². The van der Waals surface area contributed by atoms with Gasteiger partial charge in [0.05, 0.1) is 11.4 Å². The first-order valence-corrected chi connectivity index (χ1v) is 5.99. The molecule has 0 saturated carbocycles. The molecule has 2 aromatic rings. The zero-order valence-corrected chi connectivity index (χ0v) is 10.8. The molecule has 0 aromatic carbocycles.